The molecule has 1 aromatic heterocycles. The summed E-state index contributed by atoms with van der Waals surface area (Å²) in [6.45, 7) is 0. The third-order valence-electron chi connectivity index (χ3n) is 3.14. The number of hydrogen-bond acceptors (Lipinski definition) is 4. The molecule has 0 aliphatic carbocycles. The van der Waals surface area contributed by atoms with Crippen LogP contribution in [-0.2, 0) is 4.79 Å². The van der Waals surface area contributed by atoms with Gasteiger partial charge in [-0.05, 0) is 35.0 Å². The van der Waals surface area contributed by atoms with E-state index in [0.717, 1.165) is 10.3 Å². The van der Waals surface area contributed by atoms with Gasteiger partial charge in [0.25, 0.3) is 0 Å². The molecule has 0 saturated carbocycles. The molecule has 3 rings (SSSR count). The molecule has 0 fully saturated rings. The van der Waals surface area contributed by atoms with Crippen LogP contribution in [0.25, 0.3) is 10.8 Å². The molecule has 0 radical (unpaired) electrons. The highest BCUT2D eigenvalue weighted by Crippen LogP contribution is 2.24. The van der Waals surface area contributed by atoms with Gasteiger partial charge in [-0.1, -0.05) is 30.3 Å². The maximum Gasteiger partial charge on any atom is 0.235 e. The van der Waals surface area contributed by atoms with Gasteiger partial charge in [0, 0.05) is 11.1 Å². The van der Waals surface area contributed by atoms with Crippen molar-refractivity contribution in [2.45, 2.75) is 4.90 Å². The Morgan fingerprint density at radius 3 is 2.73 bits per heavy atom. The molecule has 0 aliphatic heterocycles. The Kier molecular flexibility index (Phi) is 4.25. The molecule has 1 amide bonds. The lowest BCUT2D eigenvalue weighted by molar-refractivity contribution is -0.113. The number of thioether (sulfide) groups is 1. The van der Waals surface area contributed by atoms with Crippen LogP contribution in [0.3, 0.4) is 0 Å². The van der Waals surface area contributed by atoms with E-state index in [-0.39, 0.29) is 23.2 Å². The van der Waals surface area contributed by atoms with Crippen molar-refractivity contribution >= 4 is 34.3 Å². The number of rotatable bonds is 4. The van der Waals surface area contributed by atoms with Gasteiger partial charge in [-0.3, -0.25) is 4.79 Å². The van der Waals surface area contributed by atoms with Crippen LogP contribution in [0.5, 0.6) is 5.75 Å². The first kappa shape index (κ1) is 14.4. The molecular formula is C17H14N2O2S. The van der Waals surface area contributed by atoms with Crippen LogP contribution in [0.2, 0.25) is 0 Å². The zero-order valence-corrected chi connectivity index (χ0v) is 12.5. The minimum atomic E-state index is -0.202. The number of amides is 1. The molecule has 0 unspecified atom stereocenters. The molecule has 110 valence electrons. The number of aromatic hydroxyl groups is 1. The summed E-state index contributed by atoms with van der Waals surface area (Å²) in [4.78, 5) is 16.9. The number of anilines is 1. The maximum absolute atomic E-state index is 11.9. The number of aromatic nitrogens is 1. The number of carbonyl (C=O) groups is 1. The maximum atomic E-state index is 11.9. The van der Waals surface area contributed by atoms with Crippen LogP contribution < -0.4 is 5.32 Å². The molecular weight excluding hydrogens is 296 g/mol. The summed E-state index contributed by atoms with van der Waals surface area (Å²) in [7, 11) is 0. The minimum Gasteiger partial charge on any atom is -0.504 e. The quantitative estimate of drug-likeness (QED) is 0.722. The number of pyridine rings is 1. The fraction of sp³-hybridized carbons (Fsp3) is 0.0588. The molecule has 0 spiro atoms. The zero-order valence-electron chi connectivity index (χ0n) is 11.7. The highest BCUT2D eigenvalue weighted by atomic mass is 32.2. The lowest BCUT2D eigenvalue weighted by Gasteiger charge is -2.06. The Morgan fingerprint density at radius 2 is 1.91 bits per heavy atom. The van der Waals surface area contributed by atoms with Gasteiger partial charge >= 0.3 is 0 Å². The molecule has 22 heavy (non-hydrogen) atoms. The van der Waals surface area contributed by atoms with Gasteiger partial charge in [-0.2, -0.15) is 0 Å². The lowest BCUT2D eigenvalue weighted by atomic mass is 10.1. The van der Waals surface area contributed by atoms with Crippen molar-refractivity contribution in [1.82, 2.24) is 4.98 Å². The van der Waals surface area contributed by atoms with Crippen molar-refractivity contribution in [3.63, 3.8) is 0 Å². The monoisotopic (exact) mass is 310 g/mol. The van der Waals surface area contributed by atoms with Crippen molar-refractivity contribution in [2.24, 2.45) is 0 Å². The third-order valence-corrected chi connectivity index (χ3v) is 4.13. The Bertz CT molecular complexity index is 820. The Morgan fingerprint density at radius 1 is 1.09 bits per heavy atom. The minimum absolute atomic E-state index is 0.0356. The van der Waals surface area contributed by atoms with E-state index in [2.05, 4.69) is 22.4 Å². The molecule has 4 nitrogen and oxygen atoms in total. The van der Waals surface area contributed by atoms with Gasteiger partial charge in [0.2, 0.25) is 5.91 Å². The third kappa shape index (κ3) is 3.38. The van der Waals surface area contributed by atoms with Crippen molar-refractivity contribution in [3.8, 4) is 5.75 Å². The van der Waals surface area contributed by atoms with Gasteiger partial charge in [-0.25, -0.2) is 4.98 Å². The lowest BCUT2D eigenvalue weighted by Crippen LogP contribution is -2.14. The predicted octanol–water partition coefficient (Wildman–Crippen LogP) is 3.67. The number of carbonyl (C=O) groups excluding carboxylic acids is 1. The number of nitrogens with one attached hydrogen (secondary N) is 1. The predicted molar refractivity (Wildman–Crippen MR) is 89.2 cm³/mol. The second kappa shape index (κ2) is 6.49. The molecule has 0 saturated heterocycles. The summed E-state index contributed by atoms with van der Waals surface area (Å²) < 4.78 is 0. The Balaban J connectivity index is 1.63. The largest absolute Gasteiger partial charge is 0.504 e. The first-order valence-corrected chi connectivity index (χ1v) is 7.76. The molecule has 0 bridgehead atoms. The van der Waals surface area contributed by atoms with Crippen molar-refractivity contribution in [2.75, 3.05) is 11.1 Å². The number of nitrogens with zero attached hydrogens (tertiary/aromatic N) is 1. The summed E-state index contributed by atoms with van der Waals surface area (Å²) in [5.41, 5.74) is 0. The zero-order chi connectivity index (χ0) is 15.4. The Hall–Kier alpha value is -2.53. The fourth-order valence-corrected chi connectivity index (χ4v) is 2.81. The molecule has 0 aliphatic rings. The number of benzene rings is 2. The SMILES string of the molecule is O=C(CSc1ccc2ccccc2c1)Nc1ncccc1O. The number of hydrogen-bond donors (Lipinski definition) is 2. The molecule has 1 heterocycles. The smallest absolute Gasteiger partial charge is 0.235 e. The summed E-state index contributed by atoms with van der Waals surface area (Å²) >= 11 is 1.45. The van der Waals surface area contributed by atoms with Crippen molar-refractivity contribution in [1.29, 1.82) is 0 Å². The molecule has 5 heteroatoms. The fourth-order valence-electron chi connectivity index (χ4n) is 2.07. The van der Waals surface area contributed by atoms with Crippen molar-refractivity contribution in [3.05, 3.63) is 60.8 Å². The summed E-state index contributed by atoms with van der Waals surface area (Å²) in [5.74, 6) is 0.208. The van der Waals surface area contributed by atoms with Crippen molar-refractivity contribution < 1.29 is 9.90 Å². The molecule has 3 aromatic rings. The topological polar surface area (TPSA) is 62.2 Å². The molecule has 2 N–H and O–H groups in total. The van der Waals surface area contributed by atoms with Gasteiger partial charge in [-0.15, -0.1) is 11.8 Å². The Labute approximate surface area is 132 Å². The van der Waals surface area contributed by atoms with E-state index in [1.54, 1.807) is 6.07 Å². The average Bonchev–Trinajstić information content (AvgIpc) is 2.55. The van der Waals surface area contributed by atoms with Gasteiger partial charge in [0.1, 0.15) is 0 Å². The van der Waals surface area contributed by atoms with Crippen LogP contribution in [0.15, 0.2) is 65.7 Å². The molecule has 2 aromatic carbocycles. The van der Waals surface area contributed by atoms with E-state index < -0.39 is 0 Å². The highest BCUT2D eigenvalue weighted by Gasteiger charge is 2.08. The normalized spacial score (nSPS) is 10.5. The van der Waals surface area contributed by atoms with Crippen LogP contribution in [0, 0.1) is 0 Å². The van der Waals surface area contributed by atoms with Gasteiger partial charge < -0.3 is 10.4 Å². The average molecular weight is 310 g/mol. The van der Waals surface area contributed by atoms with Gasteiger partial charge in [0.05, 0.1) is 5.75 Å². The van der Waals surface area contributed by atoms with Crippen LogP contribution in [-0.4, -0.2) is 21.8 Å². The van der Waals surface area contributed by atoms with Crippen LogP contribution in [0.4, 0.5) is 5.82 Å². The standard InChI is InChI=1S/C17H14N2O2S/c20-15-6-3-9-18-17(15)19-16(21)11-22-14-8-7-12-4-1-2-5-13(12)10-14/h1-10,20H,11H2,(H,18,19,21). The van der Waals surface area contributed by atoms with Gasteiger partial charge in [0.15, 0.2) is 11.6 Å². The summed E-state index contributed by atoms with van der Waals surface area (Å²) in [6, 6.07) is 17.3. The van der Waals surface area contributed by atoms with E-state index >= 15 is 0 Å². The molecule has 0 atom stereocenters. The van der Waals surface area contributed by atoms with E-state index in [9.17, 15) is 9.90 Å². The highest BCUT2D eigenvalue weighted by molar-refractivity contribution is 8.00. The van der Waals surface area contributed by atoms with E-state index in [4.69, 9.17) is 0 Å². The van der Waals surface area contributed by atoms with E-state index in [1.807, 2.05) is 30.3 Å². The summed E-state index contributed by atoms with van der Waals surface area (Å²) in [5, 5.41) is 14.5. The first-order valence-electron chi connectivity index (χ1n) is 6.78. The second-order valence-electron chi connectivity index (χ2n) is 4.72. The second-order valence-corrected chi connectivity index (χ2v) is 5.77. The van der Waals surface area contributed by atoms with E-state index in [0.29, 0.717) is 0 Å². The van der Waals surface area contributed by atoms with Crippen LogP contribution in [0.1, 0.15) is 0 Å². The van der Waals surface area contributed by atoms with Crippen LogP contribution >= 0.6 is 11.8 Å². The number of fused-ring (bicyclic) bond motifs is 1. The summed E-state index contributed by atoms with van der Waals surface area (Å²) in [6.07, 6.45) is 1.52. The van der Waals surface area contributed by atoms with E-state index in [1.165, 1.54) is 29.4 Å². The first-order chi connectivity index (χ1) is 10.7.